The van der Waals surface area contributed by atoms with Gasteiger partial charge in [-0.15, -0.1) is 10.2 Å². The van der Waals surface area contributed by atoms with E-state index in [0.717, 1.165) is 33.6 Å². The van der Waals surface area contributed by atoms with Gasteiger partial charge in [-0.1, -0.05) is 36.0 Å². The minimum Gasteiger partial charge on any atom is -0.345 e. The molecule has 0 saturated carbocycles. The van der Waals surface area contributed by atoms with Crippen LogP contribution in [-0.4, -0.2) is 37.3 Å². The molecule has 2 N–H and O–H groups in total. The van der Waals surface area contributed by atoms with E-state index in [1.807, 2.05) is 68.7 Å². The zero-order chi connectivity index (χ0) is 28.1. The maximum absolute atomic E-state index is 12.8. The second-order valence-corrected chi connectivity index (χ2v) is 10.0. The van der Waals surface area contributed by atoms with Crippen molar-refractivity contribution in [1.29, 1.82) is 0 Å². The van der Waals surface area contributed by atoms with Gasteiger partial charge in [-0.25, -0.2) is 0 Å². The van der Waals surface area contributed by atoms with Gasteiger partial charge in [0.2, 0.25) is 5.91 Å². The van der Waals surface area contributed by atoms with Crippen LogP contribution in [0.25, 0.3) is 5.69 Å². The first kappa shape index (κ1) is 27.5. The summed E-state index contributed by atoms with van der Waals surface area (Å²) in [7, 11) is 0. The van der Waals surface area contributed by atoms with Gasteiger partial charge in [0.15, 0.2) is 11.0 Å². The van der Waals surface area contributed by atoms with Crippen molar-refractivity contribution >= 4 is 35.0 Å². The monoisotopic (exact) mass is 544 g/mol. The van der Waals surface area contributed by atoms with Gasteiger partial charge < -0.3 is 10.6 Å². The van der Waals surface area contributed by atoms with Crippen molar-refractivity contribution in [1.82, 2.24) is 20.1 Å². The highest BCUT2D eigenvalue weighted by atomic mass is 32.2. The molecular formula is C28H28N6O4S. The van der Waals surface area contributed by atoms with Gasteiger partial charge in [0.1, 0.15) is 0 Å². The van der Waals surface area contributed by atoms with Crippen LogP contribution in [0.5, 0.6) is 0 Å². The van der Waals surface area contributed by atoms with E-state index in [-0.39, 0.29) is 29.5 Å². The Kier molecular flexibility index (Phi) is 8.40. The second kappa shape index (κ2) is 11.9. The van der Waals surface area contributed by atoms with E-state index in [1.54, 1.807) is 0 Å². The van der Waals surface area contributed by atoms with Gasteiger partial charge >= 0.3 is 0 Å². The summed E-state index contributed by atoms with van der Waals surface area (Å²) >= 11 is 1.25. The van der Waals surface area contributed by atoms with Crippen LogP contribution in [0, 0.1) is 37.8 Å². The van der Waals surface area contributed by atoms with E-state index in [1.165, 1.54) is 36.0 Å². The summed E-state index contributed by atoms with van der Waals surface area (Å²) < 4.78 is 1.84. The lowest BCUT2D eigenvalue weighted by Crippen LogP contribution is -2.24. The molecule has 0 atom stereocenters. The molecule has 0 unspecified atom stereocenters. The number of non-ortho nitro benzene ring substituents is 1. The Balaban J connectivity index is 1.54. The molecule has 2 amide bonds. The summed E-state index contributed by atoms with van der Waals surface area (Å²) in [6.07, 6.45) is 0. The highest BCUT2D eigenvalue weighted by Crippen LogP contribution is 2.26. The molecule has 0 saturated heterocycles. The first-order valence-corrected chi connectivity index (χ1v) is 13.2. The van der Waals surface area contributed by atoms with Crippen LogP contribution in [0.4, 0.5) is 11.4 Å². The summed E-state index contributed by atoms with van der Waals surface area (Å²) in [4.78, 5) is 35.9. The Morgan fingerprint density at radius 1 is 0.974 bits per heavy atom. The van der Waals surface area contributed by atoms with E-state index in [9.17, 15) is 19.7 Å². The van der Waals surface area contributed by atoms with E-state index < -0.39 is 10.8 Å². The number of amides is 2. The first-order chi connectivity index (χ1) is 18.6. The quantitative estimate of drug-likeness (QED) is 0.171. The number of nitrogens with one attached hydrogen (secondary N) is 2. The zero-order valence-corrected chi connectivity index (χ0v) is 22.8. The van der Waals surface area contributed by atoms with Crippen molar-refractivity contribution in [2.75, 3.05) is 11.1 Å². The molecule has 0 aliphatic heterocycles. The van der Waals surface area contributed by atoms with Gasteiger partial charge in [-0.2, -0.15) is 0 Å². The fraction of sp³-hybridized carbons (Fsp3) is 0.214. The molecule has 11 heteroatoms. The van der Waals surface area contributed by atoms with Crippen LogP contribution >= 0.6 is 11.8 Å². The van der Waals surface area contributed by atoms with Crippen LogP contribution < -0.4 is 10.6 Å². The van der Waals surface area contributed by atoms with Gasteiger partial charge in [-0.05, 0) is 74.2 Å². The van der Waals surface area contributed by atoms with Gasteiger partial charge in [0, 0.05) is 23.4 Å². The number of carbonyl (C=O) groups excluding carboxylic acids is 2. The molecule has 1 aromatic heterocycles. The smallest absolute Gasteiger partial charge is 0.269 e. The van der Waals surface area contributed by atoms with E-state index in [2.05, 4.69) is 20.8 Å². The predicted octanol–water partition coefficient (Wildman–Crippen LogP) is 5.07. The lowest BCUT2D eigenvalue weighted by molar-refractivity contribution is -0.384. The summed E-state index contributed by atoms with van der Waals surface area (Å²) in [6.45, 7) is 7.97. The number of nitro benzene ring substituents is 1. The van der Waals surface area contributed by atoms with E-state index in [0.29, 0.717) is 11.0 Å². The largest absolute Gasteiger partial charge is 0.345 e. The highest BCUT2D eigenvalue weighted by molar-refractivity contribution is 7.99. The molecule has 0 spiro atoms. The maximum Gasteiger partial charge on any atom is 0.269 e. The number of nitro groups is 1. The number of carbonyl (C=O) groups is 2. The lowest BCUT2D eigenvalue weighted by atomic mass is 10.1. The molecule has 0 fully saturated rings. The van der Waals surface area contributed by atoms with Crippen LogP contribution in [0.15, 0.2) is 65.8 Å². The molecule has 39 heavy (non-hydrogen) atoms. The molecule has 3 aromatic carbocycles. The number of thioether (sulfide) groups is 1. The Bertz CT molecular complexity index is 1550. The molecule has 0 radical (unpaired) electrons. The number of aryl methyl sites for hydroxylation is 3. The minimum atomic E-state index is -0.518. The predicted molar refractivity (Wildman–Crippen MR) is 150 cm³/mol. The summed E-state index contributed by atoms with van der Waals surface area (Å²) in [5.74, 6) is 0.0297. The number of hydrogen-bond acceptors (Lipinski definition) is 7. The van der Waals surface area contributed by atoms with Crippen molar-refractivity contribution in [3.05, 3.63) is 104 Å². The Morgan fingerprint density at radius 3 is 2.44 bits per heavy atom. The summed E-state index contributed by atoms with van der Waals surface area (Å²) in [5, 5.41) is 25.8. The molecule has 4 rings (SSSR count). The first-order valence-electron chi connectivity index (χ1n) is 12.2. The number of anilines is 1. The number of benzene rings is 3. The zero-order valence-electron chi connectivity index (χ0n) is 22.0. The van der Waals surface area contributed by atoms with Crippen LogP contribution in [0.1, 0.15) is 38.4 Å². The minimum absolute atomic E-state index is 0.0610. The fourth-order valence-electron chi connectivity index (χ4n) is 3.91. The van der Waals surface area contributed by atoms with E-state index in [4.69, 9.17) is 0 Å². The van der Waals surface area contributed by atoms with Gasteiger partial charge in [-0.3, -0.25) is 24.3 Å². The number of nitrogens with zero attached hydrogens (tertiary/aromatic N) is 4. The molecular weight excluding hydrogens is 516 g/mol. The third-order valence-electron chi connectivity index (χ3n) is 6.26. The van der Waals surface area contributed by atoms with Crippen molar-refractivity contribution in [2.24, 2.45) is 0 Å². The van der Waals surface area contributed by atoms with Gasteiger partial charge in [0.25, 0.3) is 11.6 Å². The fourth-order valence-corrected chi connectivity index (χ4v) is 4.67. The Morgan fingerprint density at radius 2 is 1.72 bits per heavy atom. The molecule has 0 aliphatic rings. The SMILES string of the molecule is Cc1ccc(C)c(NC(=O)CSc2nnc(CNC(=O)c3ccc([N+](=O)[O-])cc3)n2-c2cccc(C)c2C)c1. The number of hydrogen-bond donors (Lipinski definition) is 2. The summed E-state index contributed by atoms with van der Waals surface area (Å²) in [6, 6.07) is 17.1. The molecule has 4 aromatic rings. The van der Waals surface area contributed by atoms with Crippen molar-refractivity contribution in [3.63, 3.8) is 0 Å². The third kappa shape index (κ3) is 6.50. The van der Waals surface area contributed by atoms with Crippen molar-refractivity contribution < 1.29 is 14.5 Å². The number of rotatable bonds is 9. The van der Waals surface area contributed by atoms with Crippen LogP contribution in [0.3, 0.4) is 0 Å². The lowest BCUT2D eigenvalue weighted by Gasteiger charge is -2.15. The summed E-state index contributed by atoms with van der Waals surface area (Å²) in [5.41, 5.74) is 5.93. The molecule has 0 bridgehead atoms. The van der Waals surface area contributed by atoms with E-state index >= 15 is 0 Å². The van der Waals surface area contributed by atoms with Gasteiger partial charge in [0.05, 0.1) is 22.9 Å². The Hall–Kier alpha value is -4.51. The average molecular weight is 545 g/mol. The number of aromatic nitrogens is 3. The van der Waals surface area contributed by atoms with Crippen molar-refractivity contribution in [3.8, 4) is 5.69 Å². The van der Waals surface area contributed by atoms with Crippen LogP contribution in [-0.2, 0) is 11.3 Å². The Labute approximate surface area is 230 Å². The molecule has 1 heterocycles. The maximum atomic E-state index is 12.8. The van der Waals surface area contributed by atoms with Crippen molar-refractivity contribution in [2.45, 2.75) is 39.4 Å². The normalized spacial score (nSPS) is 10.8. The highest BCUT2D eigenvalue weighted by Gasteiger charge is 2.19. The second-order valence-electron chi connectivity index (χ2n) is 9.10. The average Bonchev–Trinajstić information content (AvgIpc) is 3.32. The third-order valence-corrected chi connectivity index (χ3v) is 7.19. The molecule has 0 aliphatic carbocycles. The molecule has 10 nitrogen and oxygen atoms in total. The standard InChI is InChI=1S/C28H28N6O4S/c1-17-8-9-19(3)23(14-17)30-26(35)16-39-28-32-31-25(33(28)24-7-5-6-18(2)20(24)4)15-29-27(36)21-10-12-22(13-11-21)34(37)38/h5-14H,15-16H2,1-4H3,(H,29,36)(H,30,35). The topological polar surface area (TPSA) is 132 Å². The molecule has 200 valence electrons. The van der Waals surface area contributed by atoms with Crippen LogP contribution in [0.2, 0.25) is 0 Å².